The molecule has 1 aliphatic heterocycles. The summed E-state index contributed by atoms with van der Waals surface area (Å²) in [5.74, 6) is 3.22. The summed E-state index contributed by atoms with van der Waals surface area (Å²) in [5, 5.41) is 0. The Labute approximate surface area is 106 Å². The minimum Gasteiger partial charge on any atom is -0.340 e. The smallest absolute Gasteiger partial charge is 0.239 e. The molecule has 15 heavy (non-hydrogen) atoms. The Bertz CT molecular complexity index is 189. The van der Waals surface area contributed by atoms with Crippen molar-refractivity contribution in [2.75, 3.05) is 36.6 Å². The lowest BCUT2D eigenvalue weighted by molar-refractivity contribution is -0.132. The van der Waals surface area contributed by atoms with Gasteiger partial charge in [-0.15, -0.1) is 12.4 Å². The Morgan fingerprint density at radius 2 is 2.13 bits per heavy atom. The Hall–Kier alpha value is 0.420. The normalized spacial score (nSPS) is 18.1. The van der Waals surface area contributed by atoms with Gasteiger partial charge in [0.15, 0.2) is 0 Å². The molecular weight excluding hydrogens is 252 g/mol. The molecule has 3 nitrogen and oxygen atoms in total. The van der Waals surface area contributed by atoms with Crippen LogP contribution in [0.5, 0.6) is 0 Å². The monoisotopic (exact) mass is 270 g/mol. The Morgan fingerprint density at radius 3 is 2.67 bits per heavy atom. The van der Waals surface area contributed by atoms with Crippen LogP contribution in [0.25, 0.3) is 0 Å². The maximum atomic E-state index is 11.8. The summed E-state index contributed by atoms with van der Waals surface area (Å²) in [6, 6.07) is -0.287. The molecule has 0 aliphatic carbocycles. The largest absolute Gasteiger partial charge is 0.340 e. The van der Waals surface area contributed by atoms with Crippen LogP contribution in [0.4, 0.5) is 0 Å². The van der Waals surface area contributed by atoms with Crippen LogP contribution >= 0.6 is 35.9 Å². The van der Waals surface area contributed by atoms with Crippen molar-refractivity contribution in [3.63, 3.8) is 0 Å². The molecule has 0 unspecified atom stereocenters. The number of thioether (sulfide) groups is 2. The number of hydrogen-bond donors (Lipinski definition) is 1. The van der Waals surface area contributed by atoms with E-state index in [1.165, 1.54) is 0 Å². The van der Waals surface area contributed by atoms with Gasteiger partial charge in [-0.3, -0.25) is 4.79 Å². The third-order valence-electron chi connectivity index (χ3n) is 2.27. The zero-order chi connectivity index (χ0) is 10.4. The van der Waals surface area contributed by atoms with E-state index in [0.29, 0.717) is 0 Å². The van der Waals surface area contributed by atoms with Crippen LogP contribution in [-0.4, -0.2) is 53.5 Å². The molecule has 2 N–H and O–H groups in total. The average Bonchev–Trinajstić information content (AvgIpc) is 2.26. The van der Waals surface area contributed by atoms with Gasteiger partial charge >= 0.3 is 0 Å². The number of hydrogen-bond acceptors (Lipinski definition) is 4. The minimum atomic E-state index is -0.287. The van der Waals surface area contributed by atoms with Crippen molar-refractivity contribution in [1.82, 2.24) is 4.90 Å². The second-order valence-electron chi connectivity index (χ2n) is 3.33. The fourth-order valence-corrected chi connectivity index (χ4v) is 2.78. The first-order chi connectivity index (χ1) is 6.75. The van der Waals surface area contributed by atoms with Gasteiger partial charge in [-0.2, -0.15) is 23.5 Å². The van der Waals surface area contributed by atoms with Crippen LogP contribution in [0.1, 0.15) is 6.42 Å². The number of rotatable bonds is 4. The van der Waals surface area contributed by atoms with E-state index in [2.05, 4.69) is 0 Å². The standard InChI is InChI=1S/C9H18N2OS2.ClH/c1-13-5-2-8(10)9(12)11-3-6-14-7-4-11;/h8H,2-7,10H2,1H3;1H/t8-;/m0./s1. The lowest BCUT2D eigenvalue weighted by Gasteiger charge is -2.28. The van der Waals surface area contributed by atoms with Gasteiger partial charge in [0.25, 0.3) is 0 Å². The van der Waals surface area contributed by atoms with Crippen LogP contribution in [0.3, 0.4) is 0 Å². The van der Waals surface area contributed by atoms with Crippen LogP contribution in [-0.2, 0) is 4.79 Å². The van der Waals surface area contributed by atoms with Gasteiger partial charge < -0.3 is 10.6 Å². The fourth-order valence-electron chi connectivity index (χ4n) is 1.39. The maximum absolute atomic E-state index is 11.8. The zero-order valence-corrected chi connectivity index (χ0v) is 11.4. The highest BCUT2D eigenvalue weighted by Gasteiger charge is 2.21. The number of carbonyl (C=O) groups excluding carboxylic acids is 1. The molecule has 1 rings (SSSR count). The first kappa shape index (κ1) is 15.4. The van der Waals surface area contributed by atoms with Crippen molar-refractivity contribution in [1.29, 1.82) is 0 Å². The third kappa shape index (κ3) is 5.33. The van der Waals surface area contributed by atoms with Gasteiger partial charge in [0, 0.05) is 24.6 Å². The number of halogens is 1. The molecule has 0 aromatic rings. The van der Waals surface area contributed by atoms with E-state index in [1.807, 2.05) is 22.9 Å². The summed E-state index contributed by atoms with van der Waals surface area (Å²) in [5.41, 5.74) is 5.82. The highest BCUT2D eigenvalue weighted by Crippen LogP contribution is 2.11. The van der Waals surface area contributed by atoms with Crippen molar-refractivity contribution in [2.24, 2.45) is 5.73 Å². The summed E-state index contributed by atoms with van der Waals surface area (Å²) in [6.45, 7) is 1.74. The number of nitrogens with zero attached hydrogens (tertiary/aromatic N) is 1. The van der Waals surface area contributed by atoms with Gasteiger partial charge in [0.1, 0.15) is 0 Å². The van der Waals surface area contributed by atoms with Crippen LogP contribution in [0.15, 0.2) is 0 Å². The van der Waals surface area contributed by atoms with Crippen LogP contribution in [0.2, 0.25) is 0 Å². The predicted octanol–water partition coefficient (Wildman–Crippen LogP) is 1.06. The molecule has 1 heterocycles. The fraction of sp³-hybridized carbons (Fsp3) is 0.889. The SMILES string of the molecule is CSCC[C@H](N)C(=O)N1CCSCC1.Cl. The zero-order valence-electron chi connectivity index (χ0n) is 8.98. The topological polar surface area (TPSA) is 46.3 Å². The van der Waals surface area contributed by atoms with Crippen molar-refractivity contribution in [3.05, 3.63) is 0 Å². The predicted molar refractivity (Wildman–Crippen MR) is 72.1 cm³/mol. The summed E-state index contributed by atoms with van der Waals surface area (Å²) in [7, 11) is 0. The van der Waals surface area contributed by atoms with Gasteiger partial charge in [0.2, 0.25) is 5.91 Å². The van der Waals surface area contributed by atoms with Gasteiger partial charge in [-0.05, 0) is 18.4 Å². The van der Waals surface area contributed by atoms with E-state index in [1.54, 1.807) is 11.8 Å². The van der Waals surface area contributed by atoms with Crippen LogP contribution < -0.4 is 5.73 Å². The van der Waals surface area contributed by atoms with E-state index in [-0.39, 0.29) is 24.4 Å². The minimum absolute atomic E-state index is 0. The van der Waals surface area contributed by atoms with Gasteiger partial charge in [-0.25, -0.2) is 0 Å². The van der Waals surface area contributed by atoms with Crippen molar-refractivity contribution in [2.45, 2.75) is 12.5 Å². The Kier molecular flexibility index (Phi) is 8.80. The highest BCUT2D eigenvalue weighted by atomic mass is 35.5. The second-order valence-corrected chi connectivity index (χ2v) is 5.54. The second kappa shape index (κ2) is 8.56. The van der Waals surface area contributed by atoms with Crippen molar-refractivity contribution in [3.8, 4) is 0 Å². The van der Waals surface area contributed by atoms with E-state index in [4.69, 9.17) is 5.73 Å². The molecule has 0 aromatic carbocycles. The third-order valence-corrected chi connectivity index (χ3v) is 3.86. The van der Waals surface area contributed by atoms with Crippen molar-refractivity contribution >= 4 is 41.8 Å². The Balaban J connectivity index is 0.00000196. The Morgan fingerprint density at radius 1 is 1.53 bits per heavy atom. The lowest BCUT2D eigenvalue weighted by Crippen LogP contribution is -2.47. The molecule has 1 saturated heterocycles. The summed E-state index contributed by atoms with van der Waals surface area (Å²) < 4.78 is 0. The van der Waals surface area contributed by atoms with E-state index >= 15 is 0 Å². The highest BCUT2D eigenvalue weighted by molar-refractivity contribution is 7.99. The molecular formula is C9H19ClN2OS2. The first-order valence-corrected chi connectivity index (χ1v) is 7.41. The molecule has 1 atom stereocenters. The molecule has 0 aromatic heterocycles. The molecule has 0 bridgehead atoms. The molecule has 1 aliphatic rings. The van der Waals surface area contributed by atoms with Gasteiger partial charge in [0.05, 0.1) is 6.04 Å². The van der Waals surface area contributed by atoms with Gasteiger partial charge in [-0.1, -0.05) is 0 Å². The van der Waals surface area contributed by atoms with Crippen molar-refractivity contribution < 1.29 is 4.79 Å². The number of amides is 1. The molecule has 0 spiro atoms. The molecule has 90 valence electrons. The van der Waals surface area contributed by atoms with Crippen LogP contribution in [0, 0.1) is 0 Å². The number of carbonyl (C=O) groups is 1. The first-order valence-electron chi connectivity index (χ1n) is 4.86. The quantitative estimate of drug-likeness (QED) is 0.830. The molecule has 1 amide bonds. The lowest BCUT2D eigenvalue weighted by atomic mass is 10.2. The average molecular weight is 271 g/mol. The maximum Gasteiger partial charge on any atom is 0.239 e. The molecule has 6 heteroatoms. The van der Waals surface area contributed by atoms with E-state index in [9.17, 15) is 4.79 Å². The summed E-state index contributed by atoms with van der Waals surface area (Å²) >= 11 is 3.65. The van der Waals surface area contributed by atoms with E-state index < -0.39 is 0 Å². The van der Waals surface area contributed by atoms with E-state index in [0.717, 1.165) is 36.8 Å². The molecule has 0 saturated carbocycles. The molecule has 0 radical (unpaired) electrons. The number of nitrogens with two attached hydrogens (primary N) is 1. The summed E-state index contributed by atoms with van der Waals surface area (Å²) in [6.07, 6.45) is 2.83. The molecule has 1 fully saturated rings. The summed E-state index contributed by atoms with van der Waals surface area (Å²) in [4.78, 5) is 13.7.